The summed E-state index contributed by atoms with van der Waals surface area (Å²) in [4.78, 5) is 0. The predicted octanol–water partition coefficient (Wildman–Crippen LogP) is 2.44. The van der Waals surface area contributed by atoms with Crippen LogP contribution >= 0.6 is 0 Å². The topological polar surface area (TPSA) is 27.7 Å². The normalized spacial score (nSPS) is 17.4. The van der Waals surface area contributed by atoms with Crippen LogP contribution in [0.15, 0.2) is 0 Å². The van der Waals surface area contributed by atoms with Gasteiger partial charge in [-0.1, -0.05) is 12.8 Å². The van der Waals surface area contributed by atoms with Gasteiger partial charge in [-0.05, 0) is 26.7 Å². The fraction of sp³-hybridized carbons (Fsp3) is 1.00. The fourth-order valence-electron chi connectivity index (χ4n) is 1.64. The molecule has 1 aliphatic carbocycles. The first-order chi connectivity index (χ1) is 6.76. The van der Waals surface area contributed by atoms with Gasteiger partial charge in [-0.2, -0.15) is 0 Å². The Hall–Kier alpha value is 0.0969. The van der Waals surface area contributed by atoms with Crippen molar-refractivity contribution in [3.8, 4) is 0 Å². The van der Waals surface area contributed by atoms with Crippen molar-refractivity contribution in [2.75, 3.05) is 19.8 Å². The largest absolute Gasteiger partial charge is 0.501 e. The minimum absolute atomic E-state index is 0.693. The van der Waals surface area contributed by atoms with Gasteiger partial charge >= 0.3 is 8.80 Å². The zero-order valence-corrected chi connectivity index (χ0v) is 10.5. The SMILES string of the molecule is CCO[Si](CC1CC1)(OCC)OCC. The van der Waals surface area contributed by atoms with Gasteiger partial charge in [-0.3, -0.25) is 0 Å². The van der Waals surface area contributed by atoms with E-state index in [4.69, 9.17) is 13.3 Å². The van der Waals surface area contributed by atoms with Crippen molar-refractivity contribution in [2.45, 2.75) is 39.7 Å². The zero-order valence-electron chi connectivity index (χ0n) is 9.54. The van der Waals surface area contributed by atoms with E-state index in [1.54, 1.807) is 0 Å². The van der Waals surface area contributed by atoms with Crippen molar-refractivity contribution in [3.63, 3.8) is 0 Å². The van der Waals surface area contributed by atoms with Gasteiger partial charge in [-0.15, -0.1) is 0 Å². The first-order valence-corrected chi connectivity index (χ1v) is 7.61. The minimum Gasteiger partial charge on any atom is -0.374 e. The van der Waals surface area contributed by atoms with E-state index in [0.29, 0.717) is 19.8 Å². The average Bonchev–Trinajstić information content (AvgIpc) is 2.89. The Kier molecular flexibility index (Phi) is 5.09. The summed E-state index contributed by atoms with van der Waals surface area (Å²) >= 11 is 0. The Balaban J connectivity index is 2.49. The van der Waals surface area contributed by atoms with E-state index in [2.05, 4.69) is 0 Å². The molecule has 0 unspecified atom stereocenters. The van der Waals surface area contributed by atoms with Gasteiger partial charge in [0.05, 0.1) is 0 Å². The van der Waals surface area contributed by atoms with Crippen molar-refractivity contribution in [3.05, 3.63) is 0 Å². The molecule has 0 aromatic rings. The Bertz CT molecular complexity index is 142. The van der Waals surface area contributed by atoms with E-state index in [1.807, 2.05) is 20.8 Å². The molecule has 1 fully saturated rings. The summed E-state index contributed by atoms with van der Waals surface area (Å²) in [5.41, 5.74) is 0. The van der Waals surface area contributed by atoms with Crippen LogP contribution in [0.3, 0.4) is 0 Å². The molecule has 0 aromatic heterocycles. The molecule has 14 heavy (non-hydrogen) atoms. The van der Waals surface area contributed by atoms with Crippen LogP contribution in [0.1, 0.15) is 33.6 Å². The maximum Gasteiger partial charge on any atom is 0.501 e. The highest BCUT2D eigenvalue weighted by Gasteiger charge is 2.45. The highest BCUT2D eigenvalue weighted by molar-refractivity contribution is 6.60. The van der Waals surface area contributed by atoms with Crippen LogP contribution in [0.4, 0.5) is 0 Å². The second-order valence-electron chi connectivity index (χ2n) is 3.63. The van der Waals surface area contributed by atoms with Gasteiger partial charge in [0, 0.05) is 25.9 Å². The van der Waals surface area contributed by atoms with Crippen molar-refractivity contribution >= 4 is 8.80 Å². The first kappa shape index (κ1) is 12.2. The molecule has 1 saturated carbocycles. The highest BCUT2D eigenvalue weighted by Crippen LogP contribution is 2.38. The van der Waals surface area contributed by atoms with Gasteiger partial charge in [0.25, 0.3) is 0 Å². The van der Waals surface area contributed by atoms with Crippen molar-refractivity contribution in [1.82, 2.24) is 0 Å². The van der Waals surface area contributed by atoms with Gasteiger partial charge in [-0.25, -0.2) is 0 Å². The molecule has 84 valence electrons. The summed E-state index contributed by atoms with van der Waals surface area (Å²) in [6.07, 6.45) is 2.64. The average molecular weight is 218 g/mol. The molecule has 0 N–H and O–H groups in total. The standard InChI is InChI=1S/C10H22O3Si/c1-4-11-14(12-5-2,13-6-3)9-10-7-8-10/h10H,4-9H2,1-3H3. The fourth-order valence-corrected chi connectivity index (χ4v) is 4.68. The highest BCUT2D eigenvalue weighted by atomic mass is 28.4. The monoisotopic (exact) mass is 218 g/mol. The van der Waals surface area contributed by atoms with E-state index in [1.165, 1.54) is 12.8 Å². The second-order valence-corrected chi connectivity index (χ2v) is 6.27. The molecule has 3 nitrogen and oxygen atoms in total. The maximum absolute atomic E-state index is 5.76. The van der Waals surface area contributed by atoms with E-state index < -0.39 is 8.80 Å². The quantitative estimate of drug-likeness (QED) is 0.586. The van der Waals surface area contributed by atoms with Crippen LogP contribution in [-0.4, -0.2) is 28.6 Å². The summed E-state index contributed by atoms with van der Waals surface area (Å²) in [6.45, 7) is 8.10. The molecule has 0 radical (unpaired) electrons. The maximum atomic E-state index is 5.76. The lowest BCUT2D eigenvalue weighted by Gasteiger charge is -2.28. The third-order valence-corrected chi connectivity index (χ3v) is 5.59. The van der Waals surface area contributed by atoms with Crippen LogP contribution in [-0.2, 0) is 13.3 Å². The lowest BCUT2D eigenvalue weighted by Crippen LogP contribution is -2.46. The van der Waals surface area contributed by atoms with Crippen molar-refractivity contribution in [1.29, 1.82) is 0 Å². The molecule has 0 spiro atoms. The van der Waals surface area contributed by atoms with Crippen LogP contribution in [0.5, 0.6) is 0 Å². The van der Waals surface area contributed by atoms with Crippen LogP contribution in [0, 0.1) is 5.92 Å². The van der Waals surface area contributed by atoms with E-state index in [9.17, 15) is 0 Å². The Morgan fingerprint density at radius 3 is 1.64 bits per heavy atom. The third kappa shape index (κ3) is 3.69. The lowest BCUT2D eigenvalue weighted by atomic mass is 10.5. The lowest BCUT2D eigenvalue weighted by molar-refractivity contribution is 0.0699. The van der Waals surface area contributed by atoms with Crippen LogP contribution in [0.25, 0.3) is 0 Å². The van der Waals surface area contributed by atoms with Gasteiger partial charge < -0.3 is 13.3 Å². The van der Waals surface area contributed by atoms with Gasteiger partial charge in [0.1, 0.15) is 0 Å². The van der Waals surface area contributed by atoms with Crippen LogP contribution in [0.2, 0.25) is 6.04 Å². The van der Waals surface area contributed by atoms with Gasteiger partial charge in [0.2, 0.25) is 0 Å². The molecule has 0 bridgehead atoms. The molecule has 0 atom stereocenters. The number of hydrogen-bond acceptors (Lipinski definition) is 3. The summed E-state index contributed by atoms with van der Waals surface area (Å²) in [5, 5.41) is 0. The summed E-state index contributed by atoms with van der Waals surface area (Å²) < 4.78 is 17.3. The molecular formula is C10H22O3Si. The zero-order chi connectivity index (χ0) is 10.4. The van der Waals surface area contributed by atoms with E-state index >= 15 is 0 Å². The van der Waals surface area contributed by atoms with E-state index in [-0.39, 0.29) is 0 Å². The Labute approximate surface area is 88.1 Å². The molecule has 4 heteroatoms. The number of rotatable bonds is 8. The minimum atomic E-state index is -2.30. The smallest absolute Gasteiger partial charge is 0.374 e. The molecule has 0 saturated heterocycles. The summed E-state index contributed by atoms with van der Waals surface area (Å²) in [5.74, 6) is 0.798. The molecular weight excluding hydrogens is 196 g/mol. The Morgan fingerprint density at radius 1 is 0.929 bits per heavy atom. The van der Waals surface area contributed by atoms with Gasteiger partial charge in [0.15, 0.2) is 0 Å². The van der Waals surface area contributed by atoms with Crippen molar-refractivity contribution in [2.24, 2.45) is 5.92 Å². The molecule has 1 aliphatic rings. The summed E-state index contributed by atoms with van der Waals surface area (Å²) in [6, 6.07) is 1.02. The number of hydrogen-bond donors (Lipinski definition) is 0. The molecule has 0 amide bonds. The second kappa shape index (κ2) is 5.85. The molecule has 0 aliphatic heterocycles. The third-order valence-electron chi connectivity index (χ3n) is 2.33. The Morgan fingerprint density at radius 2 is 1.36 bits per heavy atom. The summed E-state index contributed by atoms with van der Waals surface area (Å²) in [7, 11) is -2.30. The first-order valence-electron chi connectivity index (χ1n) is 5.68. The molecule has 0 heterocycles. The van der Waals surface area contributed by atoms with E-state index in [0.717, 1.165) is 12.0 Å². The molecule has 1 rings (SSSR count). The predicted molar refractivity (Wildman–Crippen MR) is 58.2 cm³/mol. The van der Waals surface area contributed by atoms with Crippen LogP contribution < -0.4 is 0 Å². The van der Waals surface area contributed by atoms with Crippen molar-refractivity contribution < 1.29 is 13.3 Å². The molecule has 0 aromatic carbocycles.